The maximum Gasteiger partial charge on any atom is 0.339 e. The van der Waals surface area contributed by atoms with Crippen LogP contribution in [0.5, 0.6) is 11.5 Å². The smallest absolute Gasteiger partial charge is 0.339 e. The number of thiocarbonyl (C=S) groups is 1. The second-order valence-corrected chi connectivity index (χ2v) is 9.71. The summed E-state index contributed by atoms with van der Waals surface area (Å²) in [5.74, 6) is 0.342. The molecule has 3 aromatic rings. The van der Waals surface area contributed by atoms with Gasteiger partial charge in [-0.1, -0.05) is 24.3 Å². The highest BCUT2D eigenvalue weighted by Crippen LogP contribution is 2.31. The summed E-state index contributed by atoms with van der Waals surface area (Å²) in [6, 6.07) is 15.9. The Hall–Kier alpha value is -3.43. The summed E-state index contributed by atoms with van der Waals surface area (Å²) in [5.41, 5.74) is 8.02. The lowest BCUT2D eigenvalue weighted by molar-refractivity contribution is 0.390. The summed E-state index contributed by atoms with van der Waals surface area (Å²) < 4.78 is 36.4. The van der Waals surface area contributed by atoms with Crippen molar-refractivity contribution >= 4 is 39.4 Å². The molecule has 0 atom stereocenters. The highest BCUT2D eigenvalue weighted by Gasteiger charge is 2.21. The molecular formula is C25H27N3O4S2. The van der Waals surface area contributed by atoms with Crippen molar-refractivity contribution in [3.05, 3.63) is 82.4 Å². The van der Waals surface area contributed by atoms with Gasteiger partial charge >= 0.3 is 10.1 Å². The summed E-state index contributed by atoms with van der Waals surface area (Å²) in [6.07, 6.45) is 1.54. The molecule has 3 aromatic carbocycles. The largest absolute Gasteiger partial charge is 0.493 e. The van der Waals surface area contributed by atoms with Crippen LogP contribution in [-0.2, 0) is 10.1 Å². The van der Waals surface area contributed by atoms with E-state index in [1.54, 1.807) is 37.4 Å². The van der Waals surface area contributed by atoms with Crippen molar-refractivity contribution in [3.8, 4) is 11.5 Å². The third-order valence-corrected chi connectivity index (χ3v) is 6.80. The van der Waals surface area contributed by atoms with E-state index in [2.05, 4.69) is 15.8 Å². The van der Waals surface area contributed by atoms with Crippen molar-refractivity contribution in [2.24, 2.45) is 5.10 Å². The number of anilines is 1. The fourth-order valence-electron chi connectivity index (χ4n) is 3.18. The Bertz CT molecular complexity index is 1350. The van der Waals surface area contributed by atoms with Gasteiger partial charge in [-0.15, -0.1) is 0 Å². The van der Waals surface area contributed by atoms with Gasteiger partial charge in [0.1, 0.15) is 4.90 Å². The number of hydrogen-bond donors (Lipinski definition) is 2. The zero-order chi connectivity index (χ0) is 24.9. The molecule has 0 saturated carbocycles. The number of methoxy groups -OCH3 is 1. The quantitative estimate of drug-likeness (QED) is 0.205. The summed E-state index contributed by atoms with van der Waals surface area (Å²) in [5, 5.41) is 7.60. The minimum Gasteiger partial charge on any atom is -0.493 e. The summed E-state index contributed by atoms with van der Waals surface area (Å²) in [6.45, 7) is 7.59. The van der Waals surface area contributed by atoms with E-state index in [0.717, 1.165) is 22.4 Å². The minimum absolute atomic E-state index is 0.0839. The molecule has 0 saturated heterocycles. The first kappa shape index (κ1) is 25.2. The number of ether oxygens (including phenoxy) is 1. The molecule has 0 aliphatic carbocycles. The molecule has 34 heavy (non-hydrogen) atoms. The van der Waals surface area contributed by atoms with Crippen molar-refractivity contribution in [3.63, 3.8) is 0 Å². The molecule has 7 nitrogen and oxygen atoms in total. The molecule has 0 fully saturated rings. The Morgan fingerprint density at radius 1 is 0.971 bits per heavy atom. The van der Waals surface area contributed by atoms with Gasteiger partial charge < -0.3 is 14.2 Å². The molecule has 0 bridgehead atoms. The maximum absolute atomic E-state index is 12.8. The van der Waals surface area contributed by atoms with Gasteiger partial charge in [0.2, 0.25) is 0 Å². The summed E-state index contributed by atoms with van der Waals surface area (Å²) in [4.78, 5) is 0.120. The van der Waals surface area contributed by atoms with Crippen LogP contribution in [0.3, 0.4) is 0 Å². The van der Waals surface area contributed by atoms with Crippen LogP contribution in [0.25, 0.3) is 0 Å². The van der Waals surface area contributed by atoms with Crippen LogP contribution in [-0.4, -0.2) is 26.9 Å². The van der Waals surface area contributed by atoms with E-state index >= 15 is 0 Å². The van der Waals surface area contributed by atoms with Crippen LogP contribution < -0.4 is 19.7 Å². The first-order chi connectivity index (χ1) is 16.1. The third kappa shape index (κ3) is 6.12. The van der Waals surface area contributed by atoms with Crippen LogP contribution in [0.2, 0.25) is 0 Å². The van der Waals surface area contributed by atoms with E-state index in [4.69, 9.17) is 21.1 Å². The van der Waals surface area contributed by atoms with E-state index in [-0.39, 0.29) is 16.4 Å². The molecule has 0 aromatic heterocycles. The average Bonchev–Trinajstić information content (AvgIpc) is 2.79. The predicted molar refractivity (Wildman–Crippen MR) is 140 cm³/mol. The monoisotopic (exact) mass is 497 g/mol. The number of hydrogen-bond acceptors (Lipinski definition) is 6. The van der Waals surface area contributed by atoms with Gasteiger partial charge in [0.05, 0.1) is 13.3 Å². The molecule has 0 heterocycles. The number of hydrazone groups is 1. The van der Waals surface area contributed by atoms with Crippen molar-refractivity contribution in [2.45, 2.75) is 32.6 Å². The van der Waals surface area contributed by atoms with E-state index in [0.29, 0.717) is 16.2 Å². The summed E-state index contributed by atoms with van der Waals surface area (Å²) >= 11 is 5.30. The van der Waals surface area contributed by atoms with Gasteiger partial charge in [0.25, 0.3) is 0 Å². The Morgan fingerprint density at radius 3 is 2.47 bits per heavy atom. The molecule has 0 unspecified atom stereocenters. The topological polar surface area (TPSA) is 89.0 Å². The molecule has 9 heteroatoms. The molecule has 3 rings (SSSR count). The molecule has 2 N–H and O–H groups in total. The Balaban J connectivity index is 1.71. The number of aryl methyl sites for hydroxylation is 3. The molecule has 0 radical (unpaired) electrons. The Kier molecular flexibility index (Phi) is 7.90. The van der Waals surface area contributed by atoms with Crippen LogP contribution in [0, 0.1) is 27.7 Å². The summed E-state index contributed by atoms with van der Waals surface area (Å²) in [7, 11) is -2.59. The fraction of sp³-hybridized carbons (Fsp3) is 0.200. The van der Waals surface area contributed by atoms with E-state index < -0.39 is 10.1 Å². The van der Waals surface area contributed by atoms with Crippen LogP contribution in [0.15, 0.2) is 64.6 Å². The lowest BCUT2D eigenvalue weighted by atomic mass is 10.1. The van der Waals surface area contributed by atoms with Crippen LogP contribution in [0.4, 0.5) is 5.69 Å². The maximum atomic E-state index is 12.8. The number of rotatable bonds is 7. The lowest BCUT2D eigenvalue weighted by Gasteiger charge is -2.13. The second-order valence-electron chi connectivity index (χ2n) is 7.79. The molecule has 0 spiro atoms. The van der Waals surface area contributed by atoms with Crippen molar-refractivity contribution in [1.29, 1.82) is 0 Å². The van der Waals surface area contributed by atoms with Crippen molar-refractivity contribution in [2.75, 3.05) is 12.4 Å². The van der Waals surface area contributed by atoms with Crippen molar-refractivity contribution < 1.29 is 17.3 Å². The molecular weight excluding hydrogens is 470 g/mol. The van der Waals surface area contributed by atoms with Crippen molar-refractivity contribution in [1.82, 2.24) is 5.43 Å². The minimum atomic E-state index is -4.03. The van der Waals surface area contributed by atoms with E-state index in [9.17, 15) is 8.42 Å². The van der Waals surface area contributed by atoms with Gasteiger partial charge in [-0.25, -0.2) is 0 Å². The van der Waals surface area contributed by atoms with Gasteiger partial charge in [-0.05, 0) is 98.1 Å². The third-order valence-electron chi connectivity index (χ3n) is 5.23. The average molecular weight is 498 g/mol. The van der Waals surface area contributed by atoms with E-state index in [1.165, 1.54) is 13.2 Å². The highest BCUT2D eigenvalue weighted by molar-refractivity contribution is 7.87. The zero-order valence-corrected chi connectivity index (χ0v) is 21.3. The fourth-order valence-corrected chi connectivity index (χ4v) is 4.59. The Morgan fingerprint density at radius 2 is 1.74 bits per heavy atom. The van der Waals surface area contributed by atoms with Gasteiger partial charge in [-0.2, -0.15) is 13.5 Å². The molecule has 0 amide bonds. The highest BCUT2D eigenvalue weighted by atomic mass is 32.2. The number of nitrogens with one attached hydrogen (secondary N) is 2. The molecule has 178 valence electrons. The first-order valence-electron chi connectivity index (χ1n) is 10.5. The van der Waals surface area contributed by atoms with Gasteiger partial charge in [0.15, 0.2) is 16.6 Å². The van der Waals surface area contributed by atoms with E-state index in [1.807, 2.05) is 45.0 Å². The molecule has 0 aliphatic rings. The predicted octanol–water partition coefficient (Wildman–Crippen LogP) is 5.02. The van der Waals surface area contributed by atoms with Gasteiger partial charge in [-0.3, -0.25) is 5.43 Å². The van der Waals surface area contributed by atoms with Crippen LogP contribution in [0.1, 0.15) is 27.8 Å². The number of benzene rings is 3. The standard InChI is InChI=1S/C25H27N3O4S2/c1-16-9-10-18(3)24(13-16)34(29,30)32-22-12-11-20(14-23(22)31-5)15-26-28-25(33)27-21-8-6-7-17(2)19(21)4/h6-15H,1-5H3,(H2,27,28,33). The lowest BCUT2D eigenvalue weighted by Crippen LogP contribution is -2.24. The molecule has 0 aliphatic heterocycles. The van der Waals surface area contributed by atoms with Crippen LogP contribution >= 0.6 is 12.2 Å². The zero-order valence-electron chi connectivity index (χ0n) is 19.7. The van der Waals surface area contributed by atoms with Gasteiger partial charge in [0, 0.05) is 5.69 Å². The first-order valence-corrected chi connectivity index (χ1v) is 12.3. The SMILES string of the molecule is COc1cc(C=NNC(=S)Nc2cccc(C)c2C)ccc1OS(=O)(=O)c1cc(C)ccc1C. The Labute approximate surface area is 205 Å². The number of nitrogens with zero attached hydrogens (tertiary/aromatic N) is 1. The normalized spacial score (nSPS) is 11.3. The second kappa shape index (κ2) is 10.7.